The fraction of sp³-hybridized carbons (Fsp3) is 0.227. The Morgan fingerprint density at radius 3 is 2.76 bits per heavy atom. The van der Waals surface area contributed by atoms with Crippen LogP contribution in [-0.2, 0) is 0 Å². The maximum atomic E-state index is 5.71. The third-order valence-corrected chi connectivity index (χ3v) is 6.62. The molecule has 7 heteroatoms. The van der Waals surface area contributed by atoms with Crippen LogP contribution in [0.5, 0.6) is 0 Å². The average Bonchev–Trinajstić information content (AvgIpc) is 3.46. The summed E-state index contributed by atoms with van der Waals surface area (Å²) in [5.41, 5.74) is 3.19. The molecule has 0 aliphatic carbocycles. The molecule has 0 unspecified atom stereocenters. The Morgan fingerprint density at radius 2 is 1.97 bits per heavy atom. The lowest BCUT2D eigenvalue weighted by atomic mass is 10.0. The van der Waals surface area contributed by atoms with Crippen LogP contribution in [0.15, 0.2) is 67.0 Å². The predicted octanol–water partition coefficient (Wildman–Crippen LogP) is 4.86. The molecule has 29 heavy (non-hydrogen) atoms. The Hall–Kier alpha value is -2.77. The van der Waals surface area contributed by atoms with Crippen molar-refractivity contribution in [2.24, 2.45) is 0 Å². The lowest BCUT2D eigenvalue weighted by Gasteiger charge is -2.28. The summed E-state index contributed by atoms with van der Waals surface area (Å²) in [6.07, 6.45) is 4.95. The normalized spacial score (nSPS) is 19.1. The molecule has 1 aliphatic rings. The third kappa shape index (κ3) is 3.20. The molecule has 1 saturated heterocycles. The number of para-hydroxylation sites is 1. The van der Waals surface area contributed by atoms with E-state index >= 15 is 0 Å². The van der Waals surface area contributed by atoms with Crippen molar-refractivity contribution in [1.29, 1.82) is 0 Å². The molecule has 0 amide bonds. The molecule has 1 fully saturated rings. The van der Waals surface area contributed by atoms with Gasteiger partial charge in [-0.05, 0) is 55.0 Å². The van der Waals surface area contributed by atoms with Gasteiger partial charge in [-0.1, -0.05) is 36.5 Å². The van der Waals surface area contributed by atoms with Gasteiger partial charge in [0.05, 0.1) is 33.7 Å². The van der Waals surface area contributed by atoms with E-state index < -0.39 is 0 Å². The molecular formula is C22H21N5S2. The van der Waals surface area contributed by atoms with Crippen molar-refractivity contribution in [3.63, 3.8) is 0 Å². The summed E-state index contributed by atoms with van der Waals surface area (Å²) < 4.78 is 3.39. The highest BCUT2D eigenvalue weighted by atomic mass is 32.1. The molecule has 146 valence electrons. The number of thiazole rings is 1. The van der Waals surface area contributed by atoms with E-state index in [1.807, 2.05) is 24.4 Å². The molecular weight excluding hydrogens is 398 g/mol. The number of nitrogens with zero attached hydrogens (tertiary/aromatic N) is 4. The van der Waals surface area contributed by atoms with E-state index in [4.69, 9.17) is 17.2 Å². The Kier molecular flexibility index (Phi) is 4.77. The molecule has 4 heterocycles. The monoisotopic (exact) mass is 419 g/mol. The summed E-state index contributed by atoms with van der Waals surface area (Å²) in [6, 6.07) is 18.6. The SMILES string of the molecule is CCCN1C(=S)N[C@@H](c2ccccn2)[C@H]1c1cccn1-c1nc2ccccc2s1. The number of hydrogen-bond acceptors (Lipinski definition) is 4. The first kappa shape index (κ1) is 18.3. The van der Waals surface area contributed by atoms with Crippen LogP contribution >= 0.6 is 23.6 Å². The summed E-state index contributed by atoms with van der Waals surface area (Å²) in [6.45, 7) is 3.07. The number of thiocarbonyl (C=S) groups is 1. The largest absolute Gasteiger partial charge is 0.352 e. The van der Waals surface area contributed by atoms with Crippen LogP contribution in [0, 0.1) is 0 Å². The minimum atomic E-state index is -0.00159. The molecule has 0 spiro atoms. The Morgan fingerprint density at radius 1 is 1.10 bits per heavy atom. The third-order valence-electron chi connectivity index (χ3n) is 5.23. The Labute approximate surface area is 179 Å². The van der Waals surface area contributed by atoms with Crippen molar-refractivity contribution in [3.8, 4) is 5.13 Å². The van der Waals surface area contributed by atoms with E-state index in [0.29, 0.717) is 0 Å². The smallest absolute Gasteiger partial charge is 0.194 e. The fourth-order valence-corrected chi connectivity index (χ4v) is 5.28. The second-order valence-electron chi connectivity index (χ2n) is 7.09. The topological polar surface area (TPSA) is 46.0 Å². The van der Waals surface area contributed by atoms with Crippen molar-refractivity contribution in [1.82, 2.24) is 24.8 Å². The van der Waals surface area contributed by atoms with E-state index in [-0.39, 0.29) is 12.1 Å². The summed E-state index contributed by atoms with van der Waals surface area (Å²) >= 11 is 7.42. The van der Waals surface area contributed by atoms with E-state index in [9.17, 15) is 0 Å². The minimum absolute atomic E-state index is 0.00159. The Bertz CT molecular complexity index is 1120. The number of aromatic nitrogens is 3. The van der Waals surface area contributed by atoms with E-state index in [2.05, 4.69) is 69.3 Å². The van der Waals surface area contributed by atoms with Crippen molar-refractivity contribution < 1.29 is 0 Å². The van der Waals surface area contributed by atoms with Crippen LogP contribution in [0.25, 0.3) is 15.3 Å². The van der Waals surface area contributed by atoms with Gasteiger partial charge in [-0.3, -0.25) is 9.55 Å². The van der Waals surface area contributed by atoms with Crippen LogP contribution in [0.1, 0.15) is 36.8 Å². The maximum Gasteiger partial charge on any atom is 0.194 e. The lowest BCUT2D eigenvalue weighted by molar-refractivity contribution is 0.309. The van der Waals surface area contributed by atoms with Crippen LogP contribution in [0.3, 0.4) is 0 Å². The number of nitrogens with one attached hydrogen (secondary N) is 1. The number of fused-ring (bicyclic) bond motifs is 1. The lowest BCUT2D eigenvalue weighted by Crippen LogP contribution is -2.31. The number of rotatable bonds is 5. The van der Waals surface area contributed by atoms with Crippen LogP contribution in [0.2, 0.25) is 0 Å². The van der Waals surface area contributed by atoms with Gasteiger partial charge in [0.1, 0.15) is 0 Å². The standard InChI is InChI=1S/C22H21N5S2/c1-2-13-27-20(19(25-21(27)28)16-9-5-6-12-23-16)17-10-7-14-26(17)22-24-15-8-3-4-11-18(15)29-22/h3-12,14,19-20H,2,13H2,1H3,(H,25,28)/t19-,20+/m0/s1. The zero-order valence-electron chi connectivity index (χ0n) is 16.0. The van der Waals surface area contributed by atoms with Crippen LogP contribution in [0.4, 0.5) is 0 Å². The molecule has 2 atom stereocenters. The van der Waals surface area contributed by atoms with Crippen molar-refractivity contribution in [2.45, 2.75) is 25.4 Å². The van der Waals surface area contributed by atoms with Gasteiger partial charge in [-0.15, -0.1) is 0 Å². The number of benzene rings is 1. The highest BCUT2D eigenvalue weighted by Crippen LogP contribution is 2.40. The molecule has 0 radical (unpaired) electrons. The number of hydrogen-bond donors (Lipinski definition) is 1. The van der Waals surface area contributed by atoms with Gasteiger partial charge in [-0.25, -0.2) is 4.98 Å². The van der Waals surface area contributed by atoms with Crippen LogP contribution in [-0.4, -0.2) is 31.1 Å². The van der Waals surface area contributed by atoms with Gasteiger partial charge in [-0.2, -0.15) is 0 Å². The minimum Gasteiger partial charge on any atom is -0.352 e. The molecule has 1 aromatic carbocycles. The van der Waals surface area contributed by atoms with Crippen LogP contribution < -0.4 is 5.32 Å². The first-order chi connectivity index (χ1) is 14.3. The zero-order chi connectivity index (χ0) is 19.8. The molecule has 5 rings (SSSR count). The second kappa shape index (κ2) is 7.57. The zero-order valence-corrected chi connectivity index (χ0v) is 17.7. The molecule has 1 aliphatic heterocycles. The average molecular weight is 420 g/mol. The summed E-state index contributed by atoms with van der Waals surface area (Å²) in [4.78, 5) is 11.8. The first-order valence-electron chi connectivity index (χ1n) is 9.77. The molecule has 1 N–H and O–H groups in total. The number of pyridine rings is 1. The fourth-order valence-electron chi connectivity index (χ4n) is 3.98. The van der Waals surface area contributed by atoms with Gasteiger partial charge >= 0.3 is 0 Å². The molecule has 5 nitrogen and oxygen atoms in total. The highest BCUT2D eigenvalue weighted by Gasteiger charge is 2.40. The highest BCUT2D eigenvalue weighted by molar-refractivity contribution is 7.80. The Balaban J connectivity index is 1.62. The van der Waals surface area contributed by atoms with Gasteiger partial charge in [0.25, 0.3) is 0 Å². The molecule has 0 bridgehead atoms. The van der Waals surface area contributed by atoms with E-state index in [1.54, 1.807) is 11.3 Å². The van der Waals surface area contributed by atoms with Gasteiger partial charge in [0.2, 0.25) is 0 Å². The maximum absolute atomic E-state index is 5.71. The van der Waals surface area contributed by atoms with Gasteiger partial charge in [0.15, 0.2) is 10.2 Å². The van der Waals surface area contributed by atoms with Crippen molar-refractivity contribution >= 4 is 38.9 Å². The molecule has 3 aromatic heterocycles. The summed E-state index contributed by atoms with van der Waals surface area (Å²) in [5, 5.41) is 5.27. The molecule has 0 saturated carbocycles. The van der Waals surface area contributed by atoms with E-state index in [1.165, 1.54) is 10.4 Å². The van der Waals surface area contributed by atoms with E-state index in [0.717, 1.165) is 34.4 Å². The van der Waals surface area contributed by atoms with Crippen molar-refractivity contribution in [3.05, 3.63) is 78.4 Å². The second-order valence-corrected chi connectivity index (χ2v) is 8.48. The predicted molar refractivity (Wildman–Crippen MR) is 121 cm³/mol. The first-order valence-corrected chi connectivity index (χ1v) is 11.0. The van der Waals surface area contributed by atoms with Gasteiger partial charge < -0.3 is 10.2 Å². The van der Waals surface area contributed by atoms with Crippen molar-refractivity contribution in [2.75, 3.05) is 6.54 Å². The molecule has 4 aromatic rings. The quantitative estimate of drug-likeness (QED) is 0.468. The van der Waals surface area contributed by atoms with Gasteiger partial charge in [0, 0.05) is 18.9 Å². The summed E-state index contributed by atoms with van der Waals surface area (Å²) in [5.74, 6) is 0. The summed E-state index contributed by atoms with van der Waals surface area (Å²) in [7, 11) is 0.